The van der Waals surface area contributed by atoms with E-state index in [1.165, 1.54) is 6.92 Å². The van der Waals surface area contributed by atoms with E-state index in [0.717, 1.165) is 5.56 Å². The summed E-state index contributed by atoms with van der Waals surface area (Å²) in [6.45, 7) is 1.46. The van der Waals surface area contributed by atoms with Gasteiger partial charge >= 0.3 is 0 Å². The Morgan fingerprint density at radius 3 is 2.39 bits per heavy atom. The van der Waals surface area contributed by atoms with Crippen molar-refractivity contribution >= 4 is 5.78 Å². The van der Waals surface area contributed by atoms with Gasteiger partial charge in [-0.3, -0.25) is 4.79 Å². The fraction of sp³-hybridized carbons (Fsp3) is 0.133. The zero-order chi connectivity index (χ0) is 13.0. The molecule has 0 unspecified atom stereocenters. The molecule has 0 spiro atoms. The minimum Gasteiger partial charge on any atom is -0.457 e. The van der Waals surface area contributed by atoms with E-state index in [-0.39, 0.29) is 12.4 Å². The van der Waals surface area contributed by atoms with Gasteiger partial charge in [0.2, 0.25) is 0 Å². The number of Topliss-reactive ketones (excluding diaryl/α,β-unsaturated/α-hetero) is 1. The molecule has 0 aromatic heterocycles. The summed E-state index contributed by atoms with van der Waals surface area (Å²) in [5, 5.41) is 9.19. The van der Waals surface area contributed by atoms with Gasteiger partial charge in [0, 0.05) is 11.1 Å². The van der Waals surface area contributed by atoms with E-state index in [9.17, 15) is 9.90 Å². The number of benzene rings is 2. The summed E-state index contributed by atoms with van der Waals surface area (Å²) in [5.74, 6) is 1.29. The maximum atomic E-state index is 11.1. The first-order valence-electron chi connectivity index (χ1n) is 5.68. The van der Waals surface area contributed by atoms with Gasteiger partial charge in [-0.2, -0.15) is 0 Å². The van der Waals surface area contributed by atoms with Crippen LogP contribution in [0.2, 0.25) is 0 Å². The fourth-order valence-electron chi connectivity index (χ4n) is 1.62. The monoisotopic (exact) mass is 242 g/mol. The molecule has 0 bridgehead atoms. The highest BCUT2D eigenvalue weighted by molar-refractivity contribution is 5.94. The summed E-state index contributed by atoms with van der Waals surface area (Å²) in [5.41, 5.74) is 1.38. The van der Waals surface area contributed by atoms with Crippen molar-refractivity contribution in [2.75, 3.05) is 0 Å². The third-order valence-electron chi connectivity index (χ3n) is 2.63. The van der Waals surface area contributed by atoms with Gasteiger partial charge in [-0.05, 0) is 37.3 Å². The maximum Gasteiger partial charge on any atom is 0.159 e. The smallest absolute Gasteiger partial charge is 0.159 e. The number of ether oxygens (including phenoxy) is 1. The molecule has 18 heavy (non-hydrogen) atoms. The first-order valence-corrected chi connectivity index (χ1v) is 5.68. The first kappa shape index (κ1) is 12.3. The fourth-order valence-corrected chi connectivity index (χ4v) is 1.62. The van der Waals surface area contributed by atoms with Crippen molar-refractivity contribution in [3.63, 3.8) is 0 Å². The quantitative estimate of drug-likeness (QED) is 0.837. The molecule has 1 N–H and O–H groups in total. The summed E-state index contributed by atoms with van der Waals surface area (Å²) < 4.78 is 5.66. The van der Waals surface area contributed by atoms with Gasteiger partial charge in [0.05, 0.1) is 6.61 Å². The molecule has 0 amide bonds. The normalized spacial score (nSPS) is 10.1. The molecule has 0 aliphatic heterocycles. The molecule has 0 saturated carbocycles. The van der Waals surface area contributed by atoms with Crippen LogP contribution in [0.4, 0.5) is 0 Å². The lowest BCUT2D eigenvalue weighted by Gasteiger charge is -2.09. The molecule has 2 aromatic carbocycles. The van der Waals surface area contributed by atoms with Gasteiger partial charge in [0.25, 0.3) is 0 Å². The number of carbonyl (C=O) groups is 1. The molecule has 0 radical (unpaired) electrons. The van der Waals surface area contributed by atoms with Gasteiger partial charge in [0.1, 0.15) is 11.5 Å². The van der Waals surface area contributed by atoms with Crippen LogP contribution in [0.15, 0.2) is 48.5 Å². The van der Waals surface area contributed by atoms with E-state index < -0.39 is 0 Å². The van der Waals surface area contributed by atoms with E-state index >= 15 is 0 Å². The van der Waals surface area contributed by atoms with E-state index in [1.807, 2.05) is 12.1 Å². The van der Waals surface area contributed by atoms with Crippen LogP contribution in [0, 0.1) is 0 Å². The number of para-hydroxylation sites is 1. The molecule has 2 rings (SSSR count). The summed E-state index contributed by atoms with van der Waals surface area (Å²) in [4.78, 5) is 11.1. The molecule has 3 heteroatoms. The van der Waals surface area contributed by atoms with Gasteiger partial charge in [0.15, 0.2) is 5.78 Å². The van der Waals surface area contributed by atoms with E-state index in [1.54, 1.807) is 36.4 Å². The van der Waals surface area contributed by atoms with Gasteiger partial charge in [-0.1, -0.05) is 18.2 Å². The number of aliphatic hydroxyl groups excluding tert-OH is 1. The van der Waals surface area contributed by atoms with Crippen LogP contribution < -0.4 is 4.74 Å². The Morgan fingerprint density at radius 1 is 1.11 bits per heavy atom. The molecule has 92 valence electrons. The van der Waals surface area contributed by atoms with E-state index in [2.05, 4.69) is 0 Å². The third kappa shape index (κ3) is 2.76. The van der Waals surface area contributed by atoms with E-state index in [0.29, 0.717) is 17.1 Å². The molecule has 3 nitrogen and oxygen atoms in total. The molecule has 0 saturated heterocycles. The summed E-state index contributed by atoms with van der Waals surface area (Å²) >= 11 is 0. The van der Waals surface area contributed by atoms with Crippen LogP contribution in [0.25, 0.3) is 0 Å². The lowest BCUT2D eigenvalue weighted by Crippen LogP contribution is -1.93. The second kappa shape index (κ2) is 5.47. The minimum atomic E-state index is -0.0678. The van der Waals surface area contributed by atoms with Crippen molar-refractivity contribution in [1.29, 1.82) is 0 Å². The summed E-state index contributed by atoms with van der Waals surface area (Å²) in [7, 11) is 0. The second-order valence-corrected chi connectivity index (χ2v) is 3.95. The topological polar surface area (TPSA) is 46.5 Å². The molecular formula is C15H14O3. The van der Waals surface area contributed by atoms with Crippen molar-refractivity contribution in [3.05, 3.63) is 59.7 Å². The van der Waals surface area contributed by atoms with Crippen molar-refractivity contribution in [1.82, 2.24) is 0 Å². The Hall–Kier alpha value is -2.13. The number of hydrogen-bond acceptors (Lipinski definition) is 3. The van der Waals surface area contributed by atoms with Gasteiger partial charge in [-0.15, -0.1) is 0 Å². The van der Waals surface area contributed by atoms with Crippen molar-refractivity contribution in [3.8, 4) is 11.5 Å². The summed E-state index contributed by atoms with van der Waals surface area (Å²) in [6.07, 6.45) is 0. The van der Waals surface area contributed by atoms with Crippen LogP contribution in [-0.4, -0.2) is 10.9 Å². The molecule has 0 heterocycles. The third-order valence-corrected chi connectivity index (χ3v) is 2.63. The molecule has 0 aliphatic rings. The molecule has 0 fully saturated rings. The first-order chi connectivity index (χ1) is 8.70. The highest BCUT2D eigenvalue weighted by Crippen LogP contribution is 2.25. The Bertz CT molecular complexity index is 544. The lowest BCUT2D eigenvalue weighted by atomic mass is 10.1. The lowest BCUT2D eigenvalue weighted by molar-refractivity contribution is 0.101. The Morgan fingerprint density at radius 2 is 1.78 bits per heavy atom. The molecular weight excluding hydrogens is 228 g/mol. The van der Waals surface area contributed by atoms with Crippen LogP contribution in [0.3, 0.4) is 0 Å². The zero-order valence-corrected chi connectivity index (χ0v) is 10.1. The Kier molecular flexibility index (Phi) is 3.75. The van der Waals surface area contributed by atoms with Crippen LogP contribution in [0.1, 0.15) is 22.8 Å². The number of carbonyl (C=O) groups excluding carboxylic acids is 1. The largest absolute Gasteiger partial charge is 0.457 e. The van der Waals surface area contributed by atoms with Crippen molar-refractivity contribution < 1.29 is 14.6 Å². The Labute approximate surface area is 106 Å². The molecule has 0 atom stereocenters. The molecule has 2 aromatic rings. The maximum absolute atomic E-state index is 11.1. The highest BCUT2D eigenvalue weighted by Gasteiger charge is 2.04. The van der Waals surface area contributed by atoms with Crippen LogP contribution in [0.5, 0.6) is 11.5 Å². The molecule has 0 aliphatic carbocycles. The van der Waals surface area contributed by atoms with E-state index in [4.69, 9.17) is 4.74 Å². The predicted molar refractivity (Wildman–Crippen MR) is 68.9 cm³/mol. The highest BCUT2D eigenvalue weighted by atomic mass is 16.5. The number of hydrogen-bond donors (Lipinski definition) is 1. The van der Waals surface area contributed by atoms with Gasteiger partial charge < -0.3 is 9.84 Å². The SMILES string of the molecule is CC(=O)c1ccc(Oc2ccccc2CO)cc1. The van der Waals surface area contributed by atoms with Crippen molar-refractivity contribution in [2.24, 2.45) is 0 Å². The minimum absolute atomic E-state index is 0.0253. The van der Waals surface area contributed by atoms with Gasteiger partial charge in [-0.25, -0.2) is 0 Å². The number of rotatable bonds is 4. The second-order valence-electron chi connectivity index (χ2n) is 3.95. The number of ketones is 1. The predicted octanol–water partition coefficient (Wildman–Crippen LogP) is 3.17. The average Bonchev–Trinajstić information content (AvgIpc) is 2.40. The summed E-state index contributed by atoms with van der Waals surface area (Å²) in [6, 6.07) is 14.2. The zero-order valence-electron chi connectivity index (χ0n) is 10.1. The standard InChI is InChI=1S/C15H14O3/c1-11(17)12-6-8-14(9-7-12)18-15-5-3-2-4-13(15)10-16/h2-9,16H,10H2,1H3. The van der Waals surface area contributed by atoms with Crippen LogP contribution >= 0.6 is 0 Å². The number of aliphatic hydroxyl groups is 1. The Balaban J connectivity index is 2.21. The average molecular weight is 242 g/mol. The van der Waals surface area contributed by atoms with Crippen LogP contribution in [-0.2, 0) is 6.61 Å². The van der Waals surface area contributed by atoms with Crippen molar-refractivity contribution in [2.45, 2.75) is 13.5 Å².